The molecule has 0 N–H and O–H groups in total. The zero-order chi connectivity index (χ0) is 18.9. The number of hydrogen-bond donors (Lipinski definition) is 0. The van der Waals surface area contributed by atoms with Crippen LogP contribution >= 0.6 is 23.4 Å². The third-order valence-electron chi connectivity index (χ3n) is 4.48. The number of nitrogens with zero attached hydrogens (tertiary/aromatic N) is 4. The Bertz CT molecular complexity index is 1300. The van der Waals surface area contributed by atoms with Gasteiger partial charge in [0.25, 0.3) is 0 Å². The van der Waals surface area contributed by atoms with E-state index in [9.17, 15) is 0 Å². The topological polar surface area (TPSA) is 43.1 Å². The maximum atomic E-state index is 6.09. The molecule has 0 fully saturated rings. The second kappa shape index (κ2) is 7.26. The van der Waals surface area contributed by atoms with Crippen LogP contribution < -0.4 is 0 Å². The number of fused-ring (bicyclic) bond motifs is 2. The zero-order valence-electron chi connectivity index (χ0n) is 14.8. The lowest BCUT2D eigenvalue weighted by Gasteiger charge is -2.06. The standard InChI is InChI=1S/C22H15ClN4S/c23-17-4-1-5-19(13-17)28-22-9-8-21-25-14-18(27(21)26-22)12-15-6-7-20-16(11-15)3-2-10-24-20/h1-11,13-14H,12H2. The molecule has 5 aromatic rings. The first-order valence-corrected chi connectivity index (χ1v) is 10.0. The van der Waals surface area contributed by atoms with Gasteiger partial charge in [-0.25, -0.2) is 9.50 Å². The van der Waals surface area contributed by atoms with Crippen molar-refractivity contribution < 1.29 is 0 Å². The van der Waals surface area contributed by atoms with Gasteiger partial charge >= 0.3 is 0 Å². The smallest absolute Gasteiger partial charge is 0.153 e. The van der Waals surface area contributed by atoms with Gasteiger partial charge in [-0.05, 0) is 54.1 Å². The predicted octanol–water partition coefficient (Wildman–Crippen LogP) is 5.67. The van der Waals surface area contributed by atoms with Crippen LogP contribution in [0.4, 0.5) is 0 Å². The summed E-state index contributed by atoms with van der Waals surface area (Å²) >= 11 is 7.68. The van der Waals surface area contributed by atoms with Crippen molar-refractivity contribution >= 4 is 39.9 Å². The second-order valence-electron chi connectivity index (χ2n) is 6.46. The van der Waals surface area contributed by atoms with E-state index in [1.165, 1.54) is 5.56 Å². The number of imidazole rings is 1. The SMILES string of the molecule is Clc1cccc(Sc2ccc3ncc(Cc4ccc5ncccc5c4)n3n2)c1. The summed E-state index contributed by atoms with van der Waals surface area (Å²) in [6.07, 6.45) is 4.46. The van der Waals surface area contributed by atoms with Gasteiger partial charge in [0.1, 0.15) is 5.03 Å². The minimum atomic E-state index is 0.722. The summed E-state index contributed by atoms with van der Waals surface area (Å²) in [5.41, 5.74) is 4.10. The summed E-state index contributed by atoms with van der Waals surface area (Å²) < 4.78 is 1.92. The van der Waals surface area contributed by atoms with E-state index >= 15 is 0 Å². The van der Waals surface area contributed by atoms with Gasteiger partial charge in [-0.1, -0.05) is 41.6 Å². The van der Waals surface area contributed by atoms with Crippen LogP contribution in [0.2, 0.25) is 5.02 Å². The van der Waals surface area contributed by atoms with E-state index in [-0.39, 0.29) is 0 Å². The molecule has 0 radical (unpaired) electrons. The van der Waals surface area contributed by atoms with Crippen molar-refractivity contribution in [1.82, 2.24) is 19.6 Å². The molecule has 2 aromatic carbocycles. The van der Waals surface area contributed by atoms with Crippen molar-refractivity contribution in [2.45, 2.75) is 16.3 Å². The van der Waals surface area contributed by atoms with Gasteiger partial charge < -0.3 is 0 Å². The van der Waals surface area contributed by atoms with Crippen LogP contribution in [0, 0.1) is 0 Å². The molecule has 4 nitrogen and oxygen atoms in total. The number of aromatic nitrogens is 4. The average Bonchev–Trinajstić information content (AvgIpc) is 3.10. The van der Waals surface area contributed by atoms with Crippen LogP contribution in [0.3, 0.4) is 0 Å². The third-order valence-corrected chi connectivity index (χ3v) is 5.63. The minimum Gasteiger partial charge on any atom is -0.256 e. The molecule has 0 aliphatic carbocycles. The summed E-state index contributed by atoms with van der Waals surface area (Å²) in [4.78, 5) is 9.94. The van der Waals surface area contributed by atoms with Gasteiger partial charge in [0.2, 0.25) is 0 Å². The van der Waals surface area contributed by atoms with E-state index in [4.69, 9.17) is 16.7 Å². The van der Waals surface area contributed by atoms with E-state index < -0.39 is 0 Å². The average molecular weight is 403 g/mol. The molecule has 5 rings (SSSR count). The fourth-order valence-electron chi connectivity index (χ4n) is 3.17. The molecular formula is C22H15ClN4S. The largest absolute Gasteiger partial charge is 0.256 e. The maximum Gasteiger partial charge on any atom is 0.153 e. The van der Waals surface area contributed by atoms with Gasteiger partial charge in [-0.3, -0.25) is 4.98 Å². The molecule has 136 valence electrons. The first-order valence-electron chi connectivity index (χ1n) is 8.85. The highest BCUT2D eigenvalue weighted by atomic mass is 35.5. The highest BCUT2D eigenvalue weighted by molar-refractivity contribution is 7.99. The van der Waals surface area contributed by atoms with Crippen molar-refractivity contribution in [3.63, 3.8) is 0 Å². The molecule has 0 unspecified atom stereocenters. The van der Waals surface area contributed by atoms with Crippen molar-refractivity contribution in [3.05, 3.63) is 95.4 Å². The Morgan fingerprint density at radius 2 is 1.89 bits per heavy atom. The van der Waals surface area contributed by atoms with Gasteiger partial charge in [-0.15, -0.1) is 0 Å². The van der Waals surface area contributed by atoms with Crippen molar-refractivity contribution in [2.75, 3.05) is 0 Å². The lowest BCUT2D eigenvalue weighted by Crippen LogP contribution is -2.00. The van der Waals surface area contributed by atoms with E-state index in [1.807, 2.05) is 59.4 Å². The summed E-state index contributed by atoms with van der Waals surface area (Å²) in [7, 11) is 0. The fourth-order valence-corrected chi connectivity index (χ4v) is 4.26. The Hall–Kier alpha value is -2.89. The van der Waals surface area contributed by atoms with Gasteiger partial charge in [0.15, 0.2) is 5.65 Å². The fraction of sp³-hybridized carbons (Fsp3) is 0.0455. The Labute approximate surface area is 171 Å². The third kappa shape index (κ3) is 3.46. The Balaban J connectivity index is 1.47. The van der Waals surface area contributed by atoms with E-state index in [1.54, 1.807) is 11.8 Å². The molecule has 0 spiro atoms. The van der Waals surface area contributed by atoms with Crippen molar-refractivity contribution in [2.24, 2.45) is 0 Å². The van der Waals surface area contributed by atoms with Gasteiger partial charge in [0.05, 0.1) is 17.4 Å². The van der Waals surface area contributed by atoms with E-state index in [0.29, 0.717) is 0 Å². The molecule has 0 saturated heterocycles. The Kier molecular flexibility index (Phi) is 4.47. The molecule has 0 amide bonds. The van der Waals surface area contributed by atoms with Crippen LogP contribution in [0.25, 0.3) is 16.6 Å². The molecule has 0 bridgehead atoms. The molecule has 0 atom stereocenters. The van der Waals surface area contributed by atoms with Crippen LogP contribution in [0.15, 0.2) is 89.0 Å². The second-order valence-corrected chi connectivity index (χ2v) is 7.99. The Morgan fingerprint density at radius 3 is 2.82 bits per heavy atom. The molecule has 28 heavy (non-hydrogen) atoms. The monoisotopic (exact) mass is 402 g/mol. The number of rotatable bonds is 4. The first-order chi connectivity index (χ1) is 13.7. The summed E-state index contributed by atoms with van der Waals surface area (Å²) in [5, 5.41) is 7.54. The van der Waals surface area contributed by atoms with E-state index in [0.717, 1.165) is 43.6 Å². The molecule has 0 saturated carbocycles. The minimum absolute atomic E-state index is 0.722. The number of hydrogen-bond acceptors (Lipinski definition) is 4. The molecule has 3 aromatic heterocycles. The number of pyridine rings is 1. The van der Waals surface area contributed by atoms with E-state index in [2.05, 4.69) is 34.2 Å². The number of benzene rings is 2. The zero-order valence-corrected chi connectivity index (χ0v) is 16.4. The van der Waals surface area contributed by atoms with Crippen LogP contribution in [-0.2, 0) is 6.42 Å². The predicted molar refractivity (Wildman–Crippen MR) is 113 cm³/mol. The summed E-state index contributed by atoms with van der Waals surface area (Å²) in [6, 6.07) is 22.1. The lowest BCUT2D eigenvalue weighted by atomic mass is 10.1. The van der Waals surface area contributed by atoms with Crippen LogP contribution in [0.5, 0.6) is 0 Å². The van der Waals surface area contributed by atoms with Crippen LogP contribution in [-0.4, -0.2) is 19.6 Å². The van der Waals surface area contributed by atoms with Crippen molar-refractivity contribution in [3.8, 4) is 0 Å². The van der Waals surface area contributed by atoms with Gasteiger partial charge in [-0.2, -0.15) is 5.10 Å². The molecular weight excluding hydrogens is 388 g/mol. The quantitative estimate of drug-likeness (QED) is 0.388. The van der Waals surface area contributed by atoms with Crippen molar-refractivity contribution in [1.29, 1.82) is 0 Å². The summed E-state index contributed by atoms with van der Waals surface area (Å²) in [6.45, 7) is 0. The molecule has 3 heterocycles. The maximum absolute atomic E-state index is 6.09. The first kappa shape index (κ1) is 17.2. The molecule has 6 heteroatoms. The molecule has 0 aliphatic heterocycles. The highest BCUT2D eigenvalue weighted by Gasteiger charge is 2.09. The van der Waals surface area contributed by atoms with Gasteiger partial charge in [0, 0.05) is 27.9 Å². The lowest BCUT2D eigenvalue weighted by molar-refractivity contribution is 0.815. The number of halogens is 1. The Morgan fingerprint density at radius 1 is 0.929 bits per heavy atom. The summed E-state index contributed by atoms with van der Waals surface area (Å²) in [5.74, 6) is 0. The normalized spacial score (nSPS) is 11.3. The molecule has 0 aliphatic rings. The van der Waals surface area contributed by atoms with Crippen LogP contribution in [0.1, 0.15) is 11.3 Å². The highest BCUT2D eigenvalue weighted by Crippen LogP contribution is 2.28.